The Kier molecular flexibility index (Phi) is 14.4. The summed E-state index contributed by atoms with van der Waals surface area (Å²) in [6.45, 7) is 3.12. The molecule has 0 fully saturated rings. The fraction of sp³-hybridized carbons (Fsp3) is 0.0345. The molecule has 0 bridgehead atoms. The SMILES string of the molecule is CC(=O)Sc1ccc(C#Cc2ccc(C#Cc3ccc(C#Cc4ccc(C#Cc5ccc(C#Cc6ccc(C#Cc7ccc(SC(C)=O)cc7)cc6)cc5)cc4)cc3)cc2)cc1. The van der Waals surface area contributed by atoms with Gasteiger partial charge in [0.1, 0.15) is 0 Å². The second-order valence-corrected chi connectivity index (χ2v) is 16.1. The van der Waals surface area contributed by atoms with Crippen LogP contribution in [0.2, 0.25) is 0 Å². The predicted octanol–water partition coefficient (Wildman–Crippen LogP) is 11.4. The maximum absolute atomic E-state index is 11.3. The molecule has 0 spiro atoms. The van der Waals surface area contributed by atoms with Crippen LogP contribution in [0.3, 0.4) is 0 Å². The molecule has 0 saturated heterocycles. The summed E-state index contributed by atoms with van der Waals surface area (Å²) >= 11 is 2.43. The fourth-order valence-corrected chi connectivity index (χ4v) is 6.80. The van der Waals surface area contributed by atoms with Crippen LogP contribution in [0, 0.1) is 71.0 Å². The highest BCUT2D eigenvalue weighted by molar-refractivity contribution is 8.13. The third-order valence-electron chi connectivity index (χ3n) is 8.76. The third-order valence-corrected chi connectivity index (χ3v) is 10.4. The van der Waals surface area contributed by atoms with Crippen molar-refractivity contribution in [2.75, 3.05) is 0 Å². The Bertz CT molecular complexity index is 2910. The lowest BCUT2D eigenvalue weighted by Gasteiger charge is -1.97. The lowest BCUT2D eigenvalue weighted by Crippen LogP contribution is -1.82. The third kappa shape index (κ3) is 13.5. The van der Waals surface area contributed by atoms with Gasteiger partial charge in [-0.1, -0.05) is 94.6 Å². The van der Waals surface area contributed by atoms with E-state index in [-0.39, 0.29) is 10.2 Å². The fourth-order valence-electron chi connectivity index (χ4n) is 5.60. The number of rotatable bonds is 2. The van der Waals surface area contributed by atoms with Crippen LogP contribution in [0.15, 0.2) is 180 Å². The molecule has 0 aliphatic rings. The van der Waals surface area contributed by atoms with Gasteiger partial charge in [-0.2, -0.15) is 0 Å². The van der Waals surface area contributed by atoms with E-state index in [0.717, 1.165) is 76.6 Å². The molecule has 0 amide bonds. The zero-order valence-corrected chi connectivity index (χ0v) is 35.4. The lowest BCUT2D eigenvalue weighted by molar-refractivity contribution is -0.109. The first kappa shape index (κ1) is 42.1. The van der Waals surface area contributed by atoms with Crippen molar-refractivity contribution in [3.63, 3.8) is 0 Å². The second-order valence-electron chi connectivity index (χ2n) is 13.6. The average molecular weight is 827 g/mol. The molecule has 0 radical (unpaired) electrons. The van der Waals surface area contributed by atoms with Crippen LogP contribution in [0.25, 0.3) is 0 Å². The molecule has 7 rings (SSSR count). The molecule has 7 aromatic rings. The molecule has 0 N–H and O–H groups in total. The van der Waals surface area contributed by atoms with Crippen molar-refractivity contribution < 1.29 is 9.59 Å². The average Bonchev–Trinajstić information content (AvgIpc) is 3.30. The van der Waals surface area contributed by atoms with Crippen molar-refractivity contribution in [1.82, 2.24) is 0 Å². The van der Waals surface area contributed by atoms with Gasteiger partial charge in [-0.05, 0) is 170 Å². The summed E-state index contributed by atoms with van der Waals surface area (Å²) in [5.41, 5.74) is 10.9. The first-order valence-corrected chi connectivity index (χ1v) is 21.1. The van der Waals surface area contributed by atoms with E-state index in [1.807, 2.05) is 170 Å². The quantitative estimate of drug-likeness (QED) is 0.128. The van der Waals surface area contributed by atoms with E-state index in [9.17, 15) is 9.59 Å². The topological polar surface area (TPSA) is 34.1 Å². The Morgan fingerprint density at radius 2 is 0.355 bits per heavy atom. The standard InChI is InChI=1S/C58H34O2S2/c1-43(59)61-57-39-35-55(36-40-57)33-31-53-27-23-51(24-28-53)21-19-49-15-11-47(12-16-49)9-7-45-3-5-46(6-4-45)8-10-48-13-17-50(18-14-48)20-22-52-25-29-54(30-26-52)32-34-56-37-41-58(42-38-56)62-44(2)60/h3-6,11-18,23-30,35-42H,1-2H3. The van der Waals surface area contributed by atoms with E-state index in [1.165, 1.54) is 23.5 Å². The van der Waals surface area contributed by atoms with Crippen molar-refractivity contribution >= 4 is 33.8 Å². The summed E-state index contributed by atoms with van der Waals surface area (Å²) in [7, 11) is 0. The zero-order valence-electron chi connectivity index (χ0n) is 33.8. The first-order chi connectivity index (χ1) is 30.3. The van der Waals surface area contributed by atoms with Crippen molar-refractivity contribution in [2.24, 2.45) is 0 Å². The smallest absolute Gasteiger partial charge is 0.190 e. The Morgan fingerprint density at radius 3 is 0.468 bits per heavy atom. The number of carbonyl (C=O) groups is 2. The highest BCUT2D eigenvalue weighted by Crippen LogP contribution is 2.20. The maximum atomic E-state index is 11.3. The molecule has 0 unspecified atom stereocenters. The number of hydrogen-bond donors (Lipinski definition) is 0. The summed E-state index contributed by atoms with van der Waals surface area (Å²) in [5.74, 6) is 38.6. The van der Waals surface area contributed by atoms with Gasteiger partial charge in [-0.25, -0.2) is 0 Å². The highest BCUT2D eigenvalue weighted by atomic mass is 32.2. The Balaban J connectivity index is 0.874. The van der Waals surface area contributed by atoms with Gasteiger partial charge in [0.25, 0.3) is 0 Å². The molecule has 0 atom stereocenters. The van der Waals surface area contributed by atoms with Crippen LogP contribution in [0.1, 0.15) is 80.6 Å². The highest BCUT2D eigenvalue weighted by Gasteiger charge is 2.00. The molecule has 0 aromatic heterocycles. The van der Waals surface area contributed by atoms with E-state index in [4.69, 9.17) is 0 Å². The summed E-state index contributed by atoms with van der Waals surface area (Å²) in [6.07, 6.45) is 0. The lowest BCUT2D eigenvalue weighted by atomic mass is 10.1. The minimum absolute atomic E-state index is 0.0648. The normalized spacial score (nSPS) is 9.58. The Hall–Kier alpha value is -8.06. The van der Waals surface area contributed by atoms with E-state index in [1.54, 1.807) is 13.8 Å². The summed E-state index contributed by atoms with van der Waals surface area (Å²) in [6, 6.07) is 54.8. The second kappa shape index (κ2) is 21.3. The monoisotopic (exact) mass is 826 g/mol. The molecule has 0 aliphatic carbocycles. The number of hydrogen-bond acceptors (Lipinski definition) is 4. The van der Waals surface area contributed by atoms with Crippen LogP contribution in [-0.4, -0.2) is 10.2 Å². The maximum Gasteiger partial charge on any atom is 0.190 e. The summed E-state index contributed by atoms with van der Waals surface area (Å²) in [5, 5.41) is 0.130. The van der Waals surface area contributed by atoms with Crippen LogP contribution < -0.4 is 0 Å². The van der Waals surface area contributed by atoms with Gasteiger partial charge in [0, 0.05) is 90.4 Å². The predicted molar refractivity (Wildman–Crippen MR) is 254 cm³/mol. The molecule has 4 heteroatoms. The van der Waals surface area contributed by atoms with Crippen molar-refractivity contribution in [2.45, 2.75) is 23.6 Å². The van der Waals surface area contributed by atoms with Crippen molar-refractivity contribution in [3.05, 3.63) is 237 Å². The van der Waals surface area contributed by atoms with Crippen molar-refractivity contribution in [3.8, 4) is 71.0 Å². The van der Waals surface area contributed by atoms with Gasteiger partial charge >= 0.3 is 0 Å². The van der Waals surface area contributed by atoms with Crippen LogP contribution >= 0.6 is 23.5 Å². The molecule has 2 nitrogen and oxygen atoms in total. The van der Waals surface area contributed by atoms with E-state index in [2.05, 4.69) is 71.0 Å². The van der Waals surface area contributed by atoms with Crippen LogP contribution in [0.4, 0.5) is 0 Å². The van der Waals surface area contributed by atoms with Crippen LogP contribution in [0.5, 0.6) is 0 Å². The van der Waals surface area contributed by atoms with Gasteiger partial charge in [-0.15, -0.1) is 0 Å². The molecular formula is C58H34O2S2. The number of thioether (sulfide) groups is 2. The zero-order chi connectivity index (χ0) is 42.9. The molecular weight excluding hydrogens is 793 g/mol. The number of carbonyl (C=O) groups excluding carboxylic acids is 2. The molecule has 290 valence electrons. The molecule has 0 saturated carbocycles. The molecule has 62 heavy (non-hydrogen) atoms. The van der Waals surface area contributed by atoms with Gasteiger partial charge in [-0.3, -0.25) is 9.59 Å². The van der Waals surface area contributed by atoms with Crippen molar-refractivity contribution in [1.29, 1.82) is 0 Å². The summed E-state index contributed by atoms with van der Waals surface area (Å²) in [4.78, 5) is 24.4. The first-order valence-electron chi connectivity index (χ1n) is 19.5. The summed E-state index contributed by atoms with van der Waals surface area (Å²) < 4.78 is 0. The van der Waals surface area contributed by atoms with Gasteiger partial charge in [0.05, 0.1) is 0 Å². The van der Waals surface area contributed by atoms with Crippen LogP contribution in [-0.2, 0) is 9.59 Å². The van der Waals surface area contributed by atoms with Gasteiger partial charge < -0.3 is 0 Å². The Morgan fingerprint density at radius 1 is 0.242 bits per heavy atom. The van der Waals surface area contributed by atoms with Gasteiger partial charge in [0.15, 0.2) is 10.2 Å². The minimum atomic E-state index is 0.0648. The molecule has 7 aromatic carbocycles. The van der Waals surface area contributed by atoms with E-state index < -0.39 is 0 Å². The van der Waals surface area contributed by atoms with E-state index >= 15 is 0 Å². The molecule has 0 aliphatic heterocycles. The van der Waals surface area contributed by atoms with Gasteiger partial charge in [0.2, 0.25) is 0 Å². The largest absolute Gasteiger partial charge is 0.287 e. The minimum Gasteiger partial charge on any atom is -0.287 e. The molecule has 0 heterocycles. The number of benzene rings is 7. The Labute approximate surface area is 372 Å². The van der Waals surface area contributed by atoms with E-state index in [0.29, 0.717) is 0 Å².